The lowest BCUT2D eigenvalue weighted by Crippen LogP contribution is -2.13. The molecule has 1 N–H and O–H groups in total. The van der Waals surface area contributed by atoms with Crippen molar-refractivity contribution >= 4 is 26.5 Å². The number of nitrogens with zero attached hydrogens (tertiary/aromatic N) is 4. The van der Waals surface area contributed by atoms with E-state index < -0.39 is 10.0 Å². The fourth-order valence-corrected chi connectivity index (χ4v) is 4.54. The maximum absolute atomic E-state index is 12.7. The molecule has 0 saturated heterocycles. The van der Waals surface area contributed by atoms with Crippen molar-refractivity contribution in [1.29, 1.82) is 0 Å². The third-order valence-electron chi connectivity index (χ3n) is 4.74. The summed E-state index contributed by atoms with van der Waals surface area (Å²) < 4.78 is 31.4. The minimum absolute atomic E-state index is 0.177. The molecule has 7 nitrogen and oxygen atoms in total. The van der Waals surface area contributed by atoms with Crippen LogP contribution in [0.1, 0.15) is 18.2 Å². The quantitative estimate of drug-likeness (QED) is 0.542. The van der Waals surface area contributed by atoms with Crippen molar-refractivity contribution in [2.75, 3.05) is 4.72 Å². The summed E-state index contributed by atoms with van der Waals surface area (Å²) in [5.41, 5.74) is 2.15. The fourth-order valence-electron chi connectivity index (χ4n) is 3.33. The number of sulfonamides is 1. The Balaban J connectivity index is 1.57. The topological polar surface area (TPSA) is 81.8 Å². The van der Waals surface area contributed by atoms with Gasteiger partial charge >= 0.3 is 0 Å². The number of aromatic nitrogens is 4. The van der Waals surface area contributed by atoms with Gasteiger partial charge in [-0.25, -0.2) is 8.42 Å². The van der Waals surface area contributed by atoms with E-state index >= 15 is 0 Å². The van der Waals surface area contributed by atoms with Gasteiger partial charge in [-0.1, -0.05) is 42.5 Å². The van der Waals surface area contributed by atoms with Crippen LogP contribution < -0.4 is 4.72 Å². The number of hydrogen-bond acceptors (Lipinski definition) is 4. The van der Waals surface area contributed by atoms with E-state index in [4.69, 9.17) is 0 Å². The van der Waals surface area contributed by atoms with E-state index in [1.165, 1.54) is 12.4 Å². The molecule has 2 heterocycles. The molecule has 4 rings (SSSR count). The SMILES string of the molecule is CCn1ncc(S(=O)(=O)Nc2cnn(Cc3cccc4ccccc34)c2)c1C. The summed E-state index contributed by atoms with van der Waals surface area (Å²) in [5.74, 6) is 0. The normalized spacial score (nSPS) is 11.8. The lowest BCUT2D eigenvalue weighted by molar-refractivity contribution is 0.598. The Labute approximate surface area is 163 Å². The molecule has 0 aliphatic carbocycles. The molecular formula is C20H21N5O2S. The molecule has 0 amide bonds. The van der Waals surface area contributed by atoms with Crippen LogP contribution in [0.15, 0.2) is 66.0 Å². The van der Waals surface area contributed by atoms with Crippen LogP contribution in [0.3, 0.4) is 0 Å². The highest BCUT2D eigenvalue weighted by atomic mass is 32.2. The van der Waals surface area contributed by atoms with Crippen LogP contribution in [0.5, 0.6) is 0 Å². The van der Waals surface area contributed by atoms with Gasteiger partial charge in [0.1, 0.15) is 4.90 Å². The van der Waals surface area contributed by atoms with Gasteiger partial charge in [0.05, 0.1) is 30.3 Å². The summed E-state index contributed by atoms with van der Waals surface area (Å²) in [6.45, 7) is 4.83. The first-order valence-corrected chi connectivity index (χ1v) is 10.5. The Bertz CT molecular complexity index is 1240. The highest BCUT2D eigenvalue weighted by Gasteiger charge is 2.21. The molecular weight excluding hydrogens is 374 g/mol. The van der Waals surface area contributed by atoms with Gasteiger partial charge in [-0.15, -0.1) is 0 Å². The summed E-state index contributed by atoms with van der Waals surface area (Å²) in [6, 6.07) is 14.3. The van der Waals surface area contributed by atoms with E-state index in [9.17, 15) is 8.42 Å². The predicted octanol–water partition coefficient (Wildman–Crippen LogP) is 3.41. The van der Waals surface area contributed by atoms with Gasteiger partial charge in [-0.05, 0) is 30.2 Å². The van der Waals surface area contributed by atoms with E-state index in [1.54, 1.807) is 22.5 Å². The van der Waals surface area contributed by atoms with Crippen LogP contribution in [0, 0.1) is 6.92 Å². The average molecular weight is 395 g/mol. The molecule has 2 aromatic heterocycles. The number of hydrogen-bond donors (Lipinski definition) is 1. The second kappa shape index (κ2) is 7.12. The van der Waals surface area contributed by atoms with Crippen molar-refractivity contribution in [2.24, 2.45) is 0 Å². The second-order valence-corrected chi connectivity index (χ2v) is 8.23. The molecule has 0 spiro atoms. The van der Waals surface area contributed by atoms with E-state index in [-0.39, 0.29) is 4.90 Å². The Kier molecular flexibility index (Phi) is 4.64. The molecule has 144 valence electrons. The molecule has 4 aromatic rings. The maximum Gasteiger partial charge on any atom is 0.265 e. The highest BCUT2D eigenvalue weighted by molar-refractivity contribution is 7.92. The zero-order valence-electron chi connectivity index (χ0n) is 15.7. The largest absolute Gasteiger partial charge is 0.276 e. The third-order valence-corrected chi connectivity index (χ3v) is 6.23. The molecule has 0 aliphatic rings. The van der Waals surface area contributed by atoms with Gasteiger partial charge in [0.25, 0.3) is 10.0 Å². The summed E-state index contributed by atoms with van der Waals surface area (Å²) in [4.78, 5) is 0.177. The standard InChI is InChI=1S/C20H21N5O2S/c1-3-25-15(2)20(12-22-25)28(26,27)23-18-11-21-24(14-18)13-17-9-6-8-16-7-4-5-10-19(16)17/h4-12,14,23H,3,13H2,1-2H3. The summed E-state index contributed by atoms with van der Waals surface area (Å²) in [6.07, 6.45) is 4.59. The lowest BCUT2D eigenvalue weighted by Gasteiger charge is -2.07. The minimum atomic E-state index is -3.71. The Morgan fingerprint density at radius 3 is 2.61 bits per heavy atom. The number of rotatable bonds is 6. The molecule has 0 fully saturated rings. The van der Waals surface area contributed by atoms with Crippen molar-refractivity contribution in [3.8, 4) is 0 Å². The van der Waals surface area contributed by atoms with Gasteiger partial charge < -0.3 is 0 Å². The second-order valence-electron chi connectivity index (χ2n) is 6.58. The van der Waals surface area contributed by atoms with E-state index in [0.29, 0.717) is 24.5 Å². The first-order chi connectivity index (χ1) is 13.5. The molecule has 0 bridgehead atoms. The first-order valence-electron chi connectivity index (χ1n) is 9.02. The Morgan fingerprint density at radius 2 is 1.82 bits per heavy atom. The van der Waals surface area contributed by atoms with Crippen LogP contribution in [0.2, 0.25) is 0 Å². The minimum Gasteiger partial charge on any atom is -0.276 e. The molecule has 28 heavy (non-hydrogen) atoms. The number of aryl methyl sites for hydroxylation is 1. The van der Waals surface area contributed by atoms with Crippen LogP contribution in [-0.2, 0) is 23.1 Å². The van der Waals surface area contributed by atoms with Crippen molar-refractivity contribution in [3.05, 3.63) is 72.3 Å². The monoisotopic (exact) mass is 395 g/mol. The van der Waals surface area contributed by atoms with Crippen molar-refractivity contribution in [2.45, 2.75) is 31.8 Å². The maximum atomic E-state index is 12.7. The first kappa shape index (κ1) is 18.2. The average Bonchev–Trinajstić information content (AvgIpc) is 3.28. The van der Waals surface area contributed by atoms with E-state index in [2.05, 4.69) is 39.2 Å². The zero-order valence-corrected chi connectivity index (χ0v) is 16.5. The predicted molar refractivity (Wildman–Crippen MR) is 109 cm³/mol. The van der Waals surface area contributed by atoms with Gasteiger partial charge in [0.15, 0.2) is 0 Å². The zero-order chi connectivity index (χ0) is 19.7. The third kappa shape index (κ3) is 3.38. The van der Waals surface area contributed by atoms with Crippen molar-refractivity contribution in [1.82, 2.24) is 19.6 Å². The van der Waals surface area contributed by atoms with Gasteiger partial charge in [0, 0.05) is 12.7 Å². The number of fused-ring (bicyclic) bond motifs is 1. The molecule has 8 heteroatoms. The molecule has 0 radical (unpaired) electrons. The number of nitrogens with one attached hydrogen (secondary N) is 1. The number of benzene rings is 2. The van der Waals surface area contributed by atoms with Crippen LogP contribution in [0.4, 0.5) is 5.69 Å². The fraction of sp³-hybridized carbons (Fsp3) is 0.200. The molecule has 0 aliphatic heterocycles. The highest BCUT2D eigenvalue weighted by Crippen LogP contribution is 2.21. The molecule has 2 aromatic carbocycles. The van der Waals surface area contributed by atoms with Gasteiger partial charge in [-0.3, -0.25) is 14.1 Å². The van der Waals surface area contributed by atoms with Crippen LogP contribution in [-0.4, -0.2) is 28.0 Å². The van der Waals surface area contributed by atoms with Crippen molar-refractivity contribution < 1.29 is 8.42 Å². The summed E-state index contributed by atoms with van der Waals surface area (Å²) in [5, 5.41) is 10.7. The molecule has 0 atom stereocenters. The summed E-state index contributed by atoms with van der Waals surface area (Å²) >= 11 is 0. The Morgan fingerprint density at radius 1 is 1.04 bits per heavy atom. The van der Waals surface area contributed by atoms with Gasteiger partial charge in [-0.2, -0.15) is 10.2 Å². The van der Waals surface area contributed by atoms with Crippen LogP contribution >= 0.6 is 0 Å². The lowest BCUT2D eigenvalue weighted by atomic mass is 10.0. The summed E-state index contributed by atoms with van der Waals surface area (Å²) in [7, 11) is -3.71. The van der Waals surface area contributed by atoms with Crippen molar-refractivity contribution in [3.63, 3.8) is 0 Å². The molecule has 0 saturated carbocycles. The van der Waals surface area contributed by atoms with Gasteiger partial charge in [0.2, 0.25) is 0 Å². The number of anilines is 1. The molecule has 0 unspecified atom stereocenters. The smallest absolute Gasteiger partial charge is 0.265 e. The van der Waals surface area contributed by atoms with E-state index in [0.717, 1.165) is 16.3 Å². The van der Waals surface area contributed by atoms with E-state index in [1.807, 2.05) is 25.1 Å². The Hall–Kier alpha value is -3.13. The van der Waals surface area contributed by atoms with Crippen LogP contribution in [0.25, 0.3) is 10.8 Å².